The van der Waals surface area contributed by atoms with Gasteiger partial charge in [0.05, 0.1) is 13.2 Å². The summed E-state index contributed by atoms with van der Waals surface area (Å²) in [7, 11) is 0. The molecule has 0 aliphatic carbocycles. The van der Waals surface area contributed by atoms with Crippen molar-refractivity contribution in [2.75, 3.05) is 18.5 Å². The van der Waals surface area contributed by atoms with Gasteiger partial charge in [-0.15, -0.1) is 0 Å². The van der Waals surface area contributed by atoms with Gasteiger partial charge < -0.3 is 14.8 Å². The van der Waals surface area contributed by atoms with E-state index in [1.165, 1.54) is 5.56 Å². The second-order valence-corrected chi connectivity index (χ2v) is 6.76. The molecule has 0 saturated heterocycles. The lowest BCUT2D eigenvalue weighted by Crippen LogP contribution is -2.03. The maximum absolute atomic E-state index is 5.84. The zero-order valence-electron chi connectivity index (χ0n) is 15.8. The molecule has 0 spiro atoms. The minimum Gasteiger partial charge on any atom is -0.494 e. The molecule has 2 aromatic rings. The van der Waals surface area contributed by atoms with Gasteiger partial charge in [0.1, 0.15) is 11.5 Å². The highest BCUT2D eigenvalue weighted by Crippen LogP contribution is 2.20. The molecule has 2 aromatic carbocycles. The summed E-state index contributed by atoms with van der Waals surface area (Å²) in [5.41, 5.74) is 2.28. The van der Waals surface area contributed by atoms with Crippen LogP contribution in [0.25, 0.3) is 0 Å². The second kappa shape index (κ2) is 10.7. The SMILES string of the molecule is CCCCOc1cccc(NCc2cccc(OCCC(C)C)c2)c1. The predicted octanol–water partition coefficient (Wildman–Crippen LogP) is 5.90. The molecule has 0 heterocycles. The third-order valence-corrected chi connectivity index (χ3v) is 3.96. The van der Waals surface area contributed by atoms with E-state index in [0.29, 0.717) is 5.92 Å². The summed E-state index contributed by atoms with van der Waals surface area (Å²) >= 11 is 0. The van der Waals surface area contributed by atoms with Crippen molar-refractivity contribution >= 4 is 5.69 Å². The van der Waals surface area contributed by atoms with Crippen molar-refractivity contribution < 1.29 is 9.47 Å². The van der Waals surface area contributed by atoms with Crippen LogP contribution in [-0.2, 0) is 6.54 Å². The number of hydrogen-bond acceptors (Lipinski definition) is 3. The molecular weight excluding hydrogens is 310 g/mol. The molecule has 136 valence electrons. The maximum atomic E-state index is 5.84. The third kappa shape index (κ3) is 7.51. The Bertz CT molecular complexity index is 625. The molecule has 25 heavy (non-hydrogen) atoms. The van der Waals surface area contributed by atoms with E-state index in [0.717, 1.165) is 56.2 Å². The van der Waals surface area contributed by atoms with Gasteiger partial charge in [-0.25, -0.2) is 0 Å². The highest BCUT2D eigenvalue weighted by atomic mass is 16.5. The summed E-state index contributed by atoms with van der Waals surface area (Å²) < 4.78 is 11.6. The molecule has 0 bridgehead atoms. The minimum atomic E-state index is 0.664. The molecular formula is C22H31NO2. The molecule has 0 aliphatic rings. The first-order valence-corrected chi connectivity index (χ1v) is 9.36. The molecule has 0 saturated carbocycles. The Morgan fingerprint density at radius 3 is 2.40 bits per heavy atom. The highest BCUT2D eigenvalue weighted by Gasteiger charge is 2.01. The third-order valence-electron chi connectivity index (χ3n) is 3.96. The number of ether oxygens (including phenoxy) is 2. The smallest absolute Gasteiger partial charge is 0.121 e. The van der Waals surface area contributed by atoms with Crippen LogP contribution in [0.1, 0.15) is 45.6 Å². The lowest BCUT2D eigenvalue weighted by atomic mass is 10.1. The van der Waals surface area contributed by atoms with Crippen LogP contribution >= 0.6 is 0 Å². The van der Waals surface area contributed by atoms with E-state index in [4.69, 9.17) is 9.47 Å². The van der Waals surface area contributed by atoms with E-state index in [1.807, 2.05) is 24.3 Å². The molecule has 0 aliphatic heterocycles. The zero-order valence-corrected chi connectivity index (χ0v) is 15.8. The number of unbranched alkanes of at least 4 members (excludes halogenated alkanes) is 1. The monoisotopic (exact) mass is 341 g/mol. The second-order valence-electron chi connectivity index (χ2n) is 6.76. The van der Waals surface area contributed by atoms with Crippen LogP contribution in [0.4, 0.5) is 5.69 Å². The number of benzene rings is 2. The fourth-order valence-electron chi connectivity index (χ4n) is 2.39. The van der Waals surface area contributed by atoms with Crippen LogP contribution in [-0.4, -0.2) is 13.2 Å². The summed E-state index contributed by atoms with van der Waals surface area (Å²) in [6.07, 6.45) is 3.31. The van der Waals surface area contributed by atoms with E-state index in [9.17, 15) is 0 Å². The van der Waals surface area contributed by atoms with E-state index in [1.54, 1.807) is 0 Å². The average molecular weight is 341 g/mol. The van der Waals surface area contributed by atoms with Crippen molar-refractivity contribution in [3.63, 3.8) is 0 Å². The normalized spacial score (nSPS) is 10.7. The average Bonchev–Trinajstić information content (AvgIpc) is 2.61. The number of anilines is 1. The van der Waals surface area contributed by atoms with Crippen LogP contribution in [0, 0.1) is 5.92 Å². The summed E-state index contributed by atoms with van der Waals surface area (Å²) in [4.78, 5) is 0. The zero-order chi connectivity index (χ0) is 17.9. The van der Waals surface area contributed by atoms with E-state index < -0.39 is 0 Å². The van der Waals surface area contributed by atoms with Gasteiger partial charge >= 0.3 is 0 Å². The van der Waals surface area contributed by atoms with E-state index >= 15 is 0 Å². The standard InChI is InChI=1S/C22H31NO2/c1-4-5-13-24-22-11-7-9-20(16-22)23-17-19-8-6-10-21(15-19)25-14-12-18(2)3/h6-11,15-16,18,23H,4-5,12-14,17H2,1-3H3. The van der Waals surface area contributed by atoms with Crippen molar-refractivity contribution in [1.29, 1.82) is 0 Å². The Morgan fingerprint density at radius 1 is 0.920 bits per heavy atom. The Labute approximate surface area is 152 Å². The Hall–Kier alpha value is -2.16. The molecule has 1 N–H and O–H groups in total. The summed E-state index contributed by atoms with van der Waals surface area (Å²) in [5.74, 6) is 2.53. The van der Waals surface area contributed by atoms with Crippen LogP contribution < -0.4 is 14.8 Å². The van der Waals surface area contributed by atoms with Crippen LogP contribution in [0.2, 0.25) is 0 Å². The van der Waals surface area contributed by atoms with Crippen LogP contribution in [0.3, 0.4) is 0 Å². The van der Waals surface area contributed by atoms with Crippen molar-refractivity contribution in [2.45, 2.75) is 46.6 Å². The number of nitrogens with one attached hydrogen (secondary N) is 1. The number of hydrogen-bond donors (Lipinski definition) is 1. The molecule has 0 unspecified atom stereocenters. The predicted molar refractivity (Wildman–Crippen MR) is 106 cm³/mol. The quantitative estimate of drug-likeness (QED) is 0.516. The fraction of sp³-hybridized carbons (Fsp3) is 0.455. The first kappa shape index (κ1) is 19.2. The topological polar surface area (TPSA) is 30.5 Å². The minimum absolute atomic E-state index is 0.664. The van der Waals surface area contributed by atoms with Gasteiger partial charge in [0.2, 0.25) is 0 Å². The van der Waals surface area contributed by atoms with Crippen molar-refractivity contribution in [2.24, 2.45) is 5.92 Å². The summed E-state index contributed by atoms with van der Waals surface area (Å²) in [5, 5.41) is 3.46. The molecule has 0 atom stereocenters. The molecule has 0 aromatic heterocycles. The molecule has 0 amide bonds. The van der Waals surface area contributed by atoms with Crippen molar-refractivity contribution in [1.82, 2.24) is 0 Å². The molecule has 0 fully saturated rings. The van der Waals surface area contributed by atoms with Gasteiger partial charge in [0.25, 0.3) is 0 Å². The lowest BCUT2D eigenvalue weighted by Gasteiger charge is -2.12. The Morgan fingerprint density at radius 2 is 1.64 bits per heavy atom. The van der Waals surface area contributed by atoms with Crippen molar-refractivity contribution in [3.05, 3.63) is 54.1 Å². The fourth-order valence-corrected chi connectivity index (χ4v) is 2.39. The number of rotatable bonds is 11. The van der Waals surface area contributed by atoms with Crippen molar-refractivity contribution in [3.8, 4) is 11.5 Å². The summed E-state index contributed by atoms with van der Waals surface area (Å²) in [6.45, 7) is 8.90. The van der Waals surface area contributed by atoms with Gasteiger partial charge in [-0.1, -0.05) is 45.4 Å². The van der Waals surface area contributed by atoms with E-state index in [-0.39, 0.29) is 0 Å². The molecule has 2 rings (SSSR count). The summed E-state index contributed by atoms with van der Waals surface area (Å²) in [6, 6.07) is 16.4. The van der Waals surface area contributed by atoms with Gasteiger partial charge in [0.15, 0.2) is 0 Å². The van der Waals surface area contributed by atoms with Gasteiger partial charge in [-0.2, -0.15) is 0 Å². The molecule has 3 heteroatoms. The Balaban J connectivity index is 1.85. The Kier molecular flexibility index (Phi) is 8.17. The van der Waals surface area contributed by atoms with Gasteiger partial charge in [-0.3, -0.25) is 0 Å². The van der Waals surface area contributed by atoms with Crippen LogP contribution in [0.15, 0.2) is 48.5 Å². The van der Waals surface area contributed by atoms with Crippen LogP contribution in [0.5, 0.6) is 11.5 Å². The van der Waals surface area contributed by atoms with Gasteiger partial charge in [-0.05, 0) is 48.6 Å². The molecule has 0 radical (unpaired) electrons. The largest absolute Gasteiger partial charge is 0.494 e. The molecule has 3 nitrogen and oxygen atoms in total. The first-order valence-electron chi connectivity index (χ1n) is 9.36. The van der Waals surface area contributed by atoms with Gasteiger partial charge in [0, 0.05) is 18.3 Å². The van der Waals surface area contributed by atoms with E-state index in [2.05, 4.69) is 50.4 Å². The highest BCUT2D eigenvalue weighted by molar-refractivity contribution is 5.48. The maximum Gasteiger partial charge on any atom is 0.121 e. The first-order chi connectivity index (χ1) is 12.2. The lowest BCUT2D eigenvalue weighted by molar-refractivity contribution is 0.289.